The van der Waals surface area contributed by atoms with Crippen molar-refractivity contribution >= 4 is 23.2 Å². The van der Waals surface area contributed by atoms with Gasteiger partial charge < -0.3 is 10.4 Å². The second-order valence-corrected chi connectivity index (χ2v) is 6.31. The minimum absolute atomic E-state index is 0.0300. The Morgan fingerprint density at radius 2 is 1.86 bits per heavy atom. The Kier molecular flexibility index (Phi) is 6.81. The summed E-state index contributed by atoms with van der Waals surface area (Å²) in [6, 6.07) is -0.259. The van der Waals surface area contributed by atoms with Gasteiger partial charge in [0.1, 0.15) is 9.88 Å². The van der Waals surface area contributed by atoms with Crippen molar-refractivity contribution in [3.05, 3.63) is 15.6 Å². The van der Waals surface area contributed by atoms with Gasteiger partial charge in [-0.2, -0.15) is 0 Å². The minimum atomic E-state index is -0.968. The fourth-order valence-corrected chi connectivity index (χ4v) is 3.21. The average Bonchev–Trinajstić information content (AvgIpc) is 2.80. The smallest absolute Gasteiger partial charge is 0.347 e. The largest absolute Gasteiger partial charge is 0.477 e. The molecule has 1 amide bonds. The molecule has 21 heavy (non-hydrogen) atoms. The lowest BCUT2D eigenvalue weighted by molar-refractivity contribution is -0.126. The molecule has 0 bridgehead atoms. The number of carbonyl (C=O) groups excluding carboxylic acids is 1. The number of thiazole rings is 1. The molecule has 1 unspecified atom stereocenters. The van der Waals surface area contributed by atoms with Crippen LogP contribution in [0.3, 0.4) is 0 Å². The monoisotopic (exact) mass is 312 g/mol. The van der Waals surface area contributed by atoms with Gasteiger partial charge in [0.25, 0.3) is 0 Å². The summed E-state index contributed by atoms with van der Waals surface area (Å²) in [6.45, 7) is 7.66. The highest BCUT2D eigenvalue weighted by atomic mass is 32.1. The Morgan fingerprint density at radius 3 is 2.29 bits per heavy atom. The lowest BCUT2D eigenvalue weighted by Gasteiger charge is -2.18. The molecule has 6 heteroatoms. The first-order chi connectivity index (χ1) is 9.90. The highest BCUT2D eigenvalue weighted by Crippen LogP contribution is 2.24. The predicted molar refractivity (Wildman–Crippen MR) is 83.7 cm³/mol. The molecule has 0 radical (unpaired) electrons. The zero-order chi connectivity index (χ0) is 16.0. The van der Waals surface area contributed by atoms with Crippen molar-refractivity contribution in [3.63, 3.8) is 0 Å². The number of nitrogens with zero attached hydrogens (tertiary/aromatic N) is 1. The van der Waals surface area contributed by atoms with Crippen molar-refractivity contribution in [2.75, 3.05) is 0 Å². The van der Waals surface area contributed by atoms with E-state index in [0.717, 1.165) is 37.0 Å². The molecule has 1 rings (SSSR count). The molecule has 0 fully saturated rings. The van der Waals surface area contributed by atoms with Crippen molar-refractivity contribution in [2.45, 2.75) is 59.4 Å². The minimum Gasteiger partial charge on any atom is -0.477 e. The highest BCUT2D eigenvalue weighted by molar-refractivity contribution is 7.13. The number of aromatic carboxylic acids is 1. The summed E-state index contributed by atoms with van der Waals surface area (Å²) in [5.41, 5.74) is 0.502. The molecule has 0 aliphatic carbocycles. The zero-order valence-corrected chi connectivity index (χ0v) is 13.9. The number of aryl methyl sites for hydroxylation is 1. The Labute approximate surface area is 129 Å². The molecule has 0 spiro atoms. The molecule has 0 aliphatic rings. The van der Waals surface area contributed by atoms with E-state index in [1.165, 1.54) is 0 Å². The van der Waals surface area contributed by atoms with Crippen LogP contribution in [0.1, 0.15) is 72.9 Å². The fourth-order valence-electron chi connectivity index (χ4n) is 2.30. The first kappa shape index (κ1) is 17.6. The number of carboxylic acid groups (broad SMARTS) is 1. The van der Waals surface area contributed by atoms with E-state index >= 15 is 0 Å². The van der Waals surface area contributed by atoms with Gasteiger partial charge in [0, 0.05) is 5.92 Å². The van der Waals surface area contributed by atoms with Gasteiger partial charge >= 0.3 is 5.97 Å². The molecule has 0 saturated heterocycles. The molecule has 5 nitrogen and oxygen atoms in total. The van der Waals surface area contributed by atoms with Crippen molar-refractivity contribution in [1.29, 1.82) is 0 Å². The van der Waals surface area contributed by atoms with E-state index in [9.17, 15) is 9.59 Å². The molecule has 118 valence electrons. The summed E-state index contributed by atoms with van der Waals surface area (Å²) >= 11 is 1.13. The van der Waals surface area contributed by atoms with Crippen LogP contribution in [0.5, 0.6) is 0 Å². The van der Waals surface area contributed by atoms with E-state index in [0.29, 0.717) is 10.7 Å². The fraction of sp³-hybridized carbons (Fsp3) is 0.667. The zero-order valence-electron chi connectivity index (χ0n) is 13.1. The Morgan fingerprint density at radius 1 is 1.29 bits per heavy atom. The molecule has 1 atom stereocenters. The van der Waals surface area contributed by atoms with Gasteiger partial charge in [-0.15, -0.1) is 11.3 Å². The standard InChI is InChI=1S/C15H24N2O3S/c1-5-7-11(8-6-2)13(18)16-10(4)14-17-9(3)12(21-14)15(19)20/h10-11H,5-8H2,1-4H3,(H,16,18)(H,19,20). The predicted octanol–water partition coefficient (Wildman–Crippen LogP) is 3.54. The first-order valence-corrected chi connectivity index (χ1v) is 8.23. The van der Waals surface area contributed by atoms with E-state index in [4.69, 9.17) is 5.11 Å². The van der Waals surface area contributed by atoms with Gasteiger partial charge in [0.2, 0.25) is 5.91 Å². The number of aromatic nitrogens is 1. The SMILES string of the molecule is CCCC(CCC)C(=O)NC(C)c1nc(C)c(C(=O)O)s1. The summed E-state index contributed by atoms with van der Waals surface area (Å²) in [5, 5.41) is 12.7. The summed E-state index contributed by atoms with van der Waals surface area (Å²) in [6.07, 6.45) is 3.71. The molecule has 0 aliphatic heterocycles. The van der Waals surface area contributed by atoms with Crippen molar-refractivity contribution in [3.8, 4) is 0 Å². The van der Waals surface area contributed by atoms with E-state index in [-0.39, 0.29) is 22.7 Å². The molecule has 0 saturated carbocycles. The van der Waals surface area contributed by atoms with Gasteiger partial charge in [0.05, 0.1) is 11.7 Å². The molecule has 2 N–H and O–H groups in total. The Balaban J connectivity index is 2.75. The maximum atomic E-state index is 12.3. The van der Waals surface area contributed by atoms with Crippen LogP contribution in [0.15, 0.2) is 0 Å². The second-order valence-electron chi connectivity index (χ2n) is 5.28. The van der Waals surface area contributed by atoms with Crippen LogP contribution in [0.2, 0.25) is 0 Å². The maximum absolute atomic E-state index is 12.3. The van der Waals surface area contributed by atoms with Crippen LogP contribution in [0.4, 0.5) is 0 Å². The van der Waals surface area contributed by atoms with Gasteiger partial charge in [-0.05, 0) is 26.7 Å². The molecule has 1 aromatic heterocycles. The first-order valence-electron chi connectivity index (χ1n) is 7.41. The second kappa shape index (κ2) is 8.12. The number of carbonyl (C=O) groups is 2. The lowest BCUT2D eigenvalue weighted by Crippen LogP contribution is -2.32. The Hall–Kier alpha value is -1.43. The number of hydrogen-bond acceptors (Lipinski definition) is 4. The summed E-state index contributed by atoms with van der Waals surface area (Å²) < 4.78 is 0. The molecular formula is C15H24N2O3S. The third-order valence-corrected chi connectivity index (χ3v) is 4.71. The topological polar surface area (TPSA) is 79.3 Å². The summed E-state index contributed by atoms with van der Waals surface area (Å²) in [7, 11) is 0. The van der Waals surface area contributed by atoms with Crippen LogP contribution < -0.4 is 5.32 Å². The van der Waals surface area contributed by atoms with Crippen LogP contribution in [-0.2, 0) is 4.79 Å². The summed E-state index contributed by atoms with van der Waals surface area (Å²) in [4.78, 5) is 27.8. The van der Waals surface area contributed by atoms with Gasteiger partial charge in [-0.3, -0.25) is 4.79 Å². The van der Waals surface area contributed by atoms with Gasteiger partial charge in [-0.25, -0.2) is 9.78 Å². The quantitative estimate of drug-likeness (QED) is 0.769. The van der Waals surface area contributed by atoms with Crippen LogP contribution in [0, 0.1) is 12.8 Å². The Bertz CT molecular complexity index is 493. The van der Waals surface area contributed by atoms with Gasteiger partial charge in [-0.1, -0.05) is 26.7 Å². The third kappa shape index (κ3) is 4.81. The average molecular weight is 312 g/mol. The number of nitrogens with one attached hydrogen (secondary N) is 1. The van der Waals surface area contributed by atoms with Crippen molar-refractivity contribution < 1.29 is 14.7 Å². The van der Waals surface area contributed by atoms with E-state index in [1.54, 1.807) is 6.92 Å². The summed E-state index contributed by atoms with van der Waals surface area (Å²) in [5.74, 6) is -0.900. The normalized spacial score (nSPS) is 12.4. The number of hydrogen-bond donors (Lipinski definition) is 2. The van der Waals surface area contributed by atoms with Gasteiger partial charge in [0.15, 0.2) is 0 Å². The van der Waals surface area contributed by atoms with Crippen molar-refractivity contribution in [1.82, 2.24) is 10.3 Å². The van der Waals surface area contributed by atoms with E-state index in [1.807, 2.05) is 6.92 Å². The highest BCUT2D eigenvalue weighted by Gasteiger charge is 2.22. The van der Waals surface area contributed by atoms with Crippen LogP contribution >= 0.6 is 11.3 Å². The molecular weight excluding hydrogens is 288 g/mol. The van der Waals surface area contributed by atoms with E-state index in [2.05, 4.69) is 24.1 Å². The molecule has 0 aromatic carbocycles. The number of amides is 1. The molecule has 1 heterocycles. The third-order valence-electron chi connectivity index (χ3n) is 3.38. The van der Waals surface area contributed by atoms with Crippen LogP contribution in [-0.4, -0.2) is 22.0 Å². The van der Waals surface area contributed by atoms with E-state index < -0.39 is 5.97 Å². The maximum Gasteiger partial charge on any atom is 0.347 e. The van der Waals surface area contributed by atoms with Crippen LogP contribution in [0.25, 0.3) is 0 Å². The molecule has 1 aromatic rings. The number of rotatable bonds is 8. The van der Waals surface area contributed by atoms with Crippen molar-refractivity contribution in [2.24, 2.45) is 5.92 Å². The number of carboxylic acids is 1. The lowest BCUT2D eigenvalue weighted by atomic mass is 9.97.